The number of rotatable bonds is 5. The number of carboxylic acids is 1. The molecule has 0 spiro atoms. The number of nitrogens with one attached hydrogen (secondary N) is 1. The molecule has 1 aromatic rings. The molecule has 0 heterocycles. The van der Waals surface area contributed by atoms with Crippen LogP contribution in [-0.4, -0.2) is 17.6 Å². The monoisotopic (exact) mass is 295 g/mol. The Morgan fingerprint density at radius 2 is 2.35 bits per heavy atom. The molecule has 17 heavy (non-hydrogen) atoms. The van der Waals surface area contributed by atoms with Crippen molar-refractivity contribution in [3.8, 4) is 12.3 Å². The van der Waals surface area contributed by atoms with Gasteiger partial charge in [-0.05, 0) is 24.1 Å². The van der Waals surface area contributed by atoms with E-state index in [1.807, 2.05) is 19.1 Å². The molecular weight excluding hydrogens is 282 g/mol. The number of hydrogen-bond donors (Lipinski definition) is 2. The third-order valence-corrected chi connectivity index (χ3v) is 3.20. The number of hydrogen-bond acceptors (Lipinski definition) is 2. The Kier molecular flexibility index (Phi) is 4.73. The molecular formula is C13H14BrNO2. The summed E-state index contributed by atoms with van der Waals surface area (Å²) in [6.45, 7) is 2.03. The molecule has 0 aromatic heterocycles. The molecule has 0 fully saturated rings. The van der Waals surface area contributed by atoms with Gasteiger partial charge in [-0.1, -0.05) is 40.9 Å². The number of terminal acetylenes is 1. The van der Waals surface area contributed by atoms with Gasteiger partial charge in [0.15, 0.2) is 0 Å². The predicted octanol–water partition coefficient (Wildman–Crippen LogP) is 2.36. The van der Waals surface area contributed by atoms with E-state index in [2.05, 4.69) is 27.2 Å². The second kappa shape index (κ2) is 5.85. The van der Waals surface area contributed by atoms with Crippen LogP contribution < -0.4 is 5.32 Å². The first-order valence-corrected chi connectivity index (χ1v) is 6.04. The Labute approximate surface area is 109 Å². The SMILES string of the molecule is C#CCNC(CC)(C(=O)O)c1cccc(Br)c1. The molecule has 1 atom stereocenters. The number of halogens is 1. The minimum absolute atomic E-state index is 0.215. The number of carbonyl (C=O) groups is 1. The lowest BCUT2D eigenvalue weighted by Crippen LogP contribution is -2.49. The Morgan fingerprint density at radius 3 is 2.82 bits per heavy atom. The summed E-state index contributed by atoms with van der Waals surface area (Å²) in [6, 6.07) is 7.24. The van der Waals surface area contributed by atoms with Crippen molar-refractivity contribution in [1.29, 1.82) is 0 Å². The lowest BCUT2D eigenvalue weighted by atomic mass is 9.87. The molecule has 1 unspecified atom stereocenters. The maximum absolute atomic E-state index is 11.5. The molecule has 0 aliphatic carbocycles. The molecule has 0 aliphatic heterocycles. The highest BCUT2D eigenvalue weighted by Crippen LogP contribution is 2.27. The third kappa shape index (κ3) is 2.87. The molecule has 0 saturated heterocycles. The van der Waals surface area contributed by atoms with Crippen LogP contribution in [0.2, 0.25) is 0 Å². The fourth-order valence-electron chi connectivity index (χ4n) is 1.74. The van der Waals surface area contributed by atoms with Crippen molar-refractivity contribution in [2.75, 3.05) is 6.54 Å². The maximum atomic E-state index is 11.5. The molecule has 2 N–H and O–H groups in total. The summed E-state index contributed by atoms with van der Waals surface area (Å²) in [5, 5.41) is 12.4. The quantitative estimate of drug-likeness (QED) is 0.820. The Bertz CT molecular complexity index is 453. The molecule has 3 nitrogen and oxygen atoms in total. The van der Waals surface area contributed by atoms with E-state index in [9.17, 15) is 9.90 Å². The van der Waals surface area contributed by atoms with Gasteiger partial charge in [0, 0.05) is 4.47 Å². The van der Waals surface area contributed by atoms with Crippen LogP contribution >= 0.6 is 15.9 Å². The molecule has 90 valence electrons. The van der Waals surface area contributed by atoms with Gasteiger partial charge in [0.2, 0.25) is 0 Å². The van der Waals surface area contributed by atoms with E-state index >= 15 is 0 Å². The normalized spacial score (nSPS) is 13.7. The standard InChI is InChI=1S/C13H14BrNO2/c1-3-8-15-13(4-2,12(16)17)10-6-5-7-11(14)9-10/h1,5-7,9,15H,4,8H2,2H3,(H,16,17). The van der Waals surface area contributed by atoms with Crippen LogP contribution in [0.4, 0.5) is 0 Å². The van der Waals surface area contributed by atoms with Crippen LogP contribution in [0.15, 0.2) is 28.7 Å². The fourth-order valence-corrected chi connectivity index (χ4v) is 2.14. The lowest BCUT2D eigenvalue weighted by molar-refractivity contribution is -0.145. The van der Waals surface area contributed by atoms with E-state index in [-0.39, 0.29) is 6.54 Å². The summed E-state index contributed by atoms with van der Waals surface area (Å²) < 4.78 is 0.844. The van der Waals surface area contributed by atoms with E-state index in [4.69, 9.17) is 6.42 Å². The first-order valence-electron chi connectivity index (χ1n) is 5.24. The van der Waals surface area contributed by atoms with E-state index < -0.39 is 11.5 Å². The maximum Gasteiger partial charge on any atom is 0.328 e. The van der Waals surface area contributed by atoms with E-state index in [0.29, 0.717) is 12.0 Å². The smallest absolute Gasteiger partial charge is 0.328 e. The van der Waals surface area contributed by atoms with Gasteiger partial charge in [-0.3, -0.25) is 5.32 Å². The summed E-state index contributed by atoms with van der Waals surface area (Å²) >= 11 is 3.34. The summed E-state index contributed by atoms with van der Waals surface area (Å²) in [5.41, 5.74) is -0.437. The topological polar surface area (TPSA) is 49.3 Å². The van der Waals surface area contributed by atoms with Gasteiger partial charge in [0.05, 0.1) is 6.54 Å². The second-order valence-electron chi connectivity index (χ2n) is 3.63. The van der Waals surface area contributed by atoms with Gasteiger partial charge in [0.1, 0.15) is 5.54 Å². The van der Waals surface area contributed by atoms with Gasteiger partial charge in [-0.15, -0.1) is 6.42 Å². The summed E-state index contributed by atoms with van der Waals surface area (Å²) in [6.07, 6.45) is 5.60. The Balaban J connectivity index is 3.22. The van der Waals surface area contributed by atoms with Crippen LogP contribution in [0.3, 0.4) is 0 Å². The molecule has 0 amide bonds. The Hall–Kier alpha value is -1.31. The highest BCUT2D eigenvalue weighted by Gasteiger charge is 2.37. The fraction of sp³-hybridized carbons (Fsp3) is 0.308. The van der Waals surface area contributed by atoms with Crippen molar-refractivity contribution in [2.45, 2.75) is 18.9 Å². The van der Waals surface area contributed by atoms with Gasteiger partial charge in [-0.2, -0.15) is 0 Å². The predicted molar refractivity (Wildman–Crippen MR) is 70.6 cm³/mol. The van der Waals surface area contributed by atoms with Crippen LogP contribution in [0, 0.1) is 12.3 Å². The minimum atomic E-state index is -1.13. The molecule has 4 heteroatoms. The van der Waals surface area contributed by atoms with Gasteiger partial charge in [0.25, 0.3) is 0 Å². The largest absolute Gasteiger partial charge is 0.480 e. The van der Waals surface area contributed by atoms with Crippen LogP contribution in [0.25, 0.3) is 0 Å². The van der Waals surface area contributed by atoms with Crippen molar-refractivity contribution < 1.29 is 9.90 Å². The zero-order chi connectivity index (χ0) is 12.9. The van der Waals surface area contributed by atoms with Crippen molar-refractivity contribution >= 4 is 21.9 Å². The number of carboxylic acid groups (broad SMARTS) is 1. The molecule has 1 aromatic carbocycles. The number of aliphatic carboxylic acids is 1. The molecule has 0 radical (unpaired) electrons. The average Bonchev–Trinajstić information content (AvgIpc) is 2.30. The van der Waals surface area contributed by atoms with Crippen molar-refractivity contribution in [3.63, 3.8) is 0 Å². The van der Waals surface area contributed by atoms with E-state index in [0.717, 1.165) is 4.47 Å². The average molecular weight is 296 g/mol. The lowest BCUT2D eigenvalue weighted by Gasteiger charge is -2.29. The molecule has 0 saturated carbocycles. The van der Waals surface area contributed by atoms with Crippen LogP contribution in [0.5, 0.6) is 0 Å². The second-order valence-corrected chi connectivity index (χ2v) is 4.55. The van der Waals surface area contributed by atoms with Gasteiger partial charge >= 0.3 is 5.97 Å². The first kappa shape index (κ1) is 13.8. The number of benzene rings is 1. The molecule has 0 bridgehead atoms. The summed E-state index contributed by atoms with van der Waals surface area (Å²) in [5.74, 6) is 1.49. The molecule has 0 aliphatic rings. The summed E-state index contributed by atoms with van der Waals surface area (Å²) in [4.78, 5) is 11.5. The Morgan fingerprint density at radius 1 is 1.65 bits per heavy atom. The highest BCUT2D eigenvalue weighted by molar-refractivity contribution is 9.10. The van der Waals surface area contributed by atoms with Crippen molar-refractivity contribution in [3.05, 3.63) is 34.3 Å². The van der Waals surface area contributed by atoms with E-state index in [1.54, 1.807) is 12.1 Å². The first-order chi connectivity index (χ1) is 8.06. The minimum Gasteiger partial charge on any atom is -0.480 e. The third-order valence-electron chi connectivity index (χ3n) is 2.71. The van der Waals surface area contributed by atoms with Gasteiger partial charge in [-0.25, -0.2) is 4.79 Å². The van der Waals surface area contributed by atoms with Crippen molar-refractivity contribution in [2.24, 2.45) is 0 Å². The zero-order valence-corrected chi connectivity index (χ0v) is 11.1. The molecule has 1 rings (SSSR count). The van der Waals surface area contributed by atoms with Crippen LogP contribution in [0.1, 0.15) is 18.9 Å². The van der Waals surface area contributed by atoms with Crippen molar-refractivity contribution in [1.82, 2.24) is 5.32 Å². The zero-order valence-electron chi connectivity index (χ0n) is 9.53. The van der Waals surface area contributed by atoms with Crippen LogP contribution in [-0.2, 0) is 10.3 Å². The summed E-state index contributed by atoms with van der Waals surface area (Å²) in [7, 11) is 0. The highest BCUT2D eigenvalue weighted by atomic mass is 79.9. The van der Waals surface area contributed by atoms with Gasteiger partial charge < -0.3 is 5.11 Å². The van der Waals surface area contributed by atoms with E-state index in [1.165, 1.54) is 0 Å².